The molecular weight excluding hydrogens is 214 g/mol. The van der Waals surface area contributed by atoms with Crippen LogP contribution in [0.4, 0.5) is 11.5 Å². The van der Waals surface area contributed by atoms with Gasteiger partial charge < -0.3 is 15.8 Å². The lowest BCUT2D eigenvalue weighted by molar-refractivity contribution is 0.416. The van der Waals surface area contributed by atoms with Crippen LogP contribution in [0.5, 0.6) is 5.75 Å². The molecule has 1 aromatic heterocycles. The Bertz CT molecular complexity index is 482. The third-order valence-corrected chi connectivity index (χ3v) is 2.44. The van der Waals surface area contributed by atoms with E-state index in [2.05, 4.69) is 10.3 Å². The number of methoxy groups -OCH3 is 1. The predicted octanol–water partition coefficient (Wildman–Crippen LogP) is 2.28. The van der Waals surface area contributed by atoms with Crippen LogP contribution in [0.15, 0.2) is 42.6 Å². The second-order valence-electron chi connectivity index (χ2n) is 3.65. The van der Waals surface area contributed by atoms with Crippen LogP contribution in [0.1, 0.15) is 5.56 Å². The standard InChI is InChI=1S/C13H15N3O/c1-17-12-5-3-2-4-11(12)15-8-10-6-7-13(14)16-9-10/h2-7,9,15H,8H2,1H3,(H2,14,16). The number of hydrogen-bond acceptors (Lipinski definition) is 4. The Hall–Kier alpha value is -2.23. The highest BCUT2D eigenvalue weighted by Gasteiger charge is 2.00. The predicted molar refractivity (Wildman–Crippen MR) is 69.0 cm³/mol. The molecule has 0 amide bonds. The fourth-order valence-corrected chi connectivity index (χ4v) is 1.53. The van der Waals surface area contributed by atoms with E-state index in [1.165, 1.54) is 0 Å². The molecule has 0 saturated carbocycles. The quantitative estimate of drug-likeness (QED) is 0.844. The molecule has 0 radical (unpaired) electrons. The van der Waals surface area contributed by atoms with Gasteiger partial charge in [-0.25, -0.2) is 4.98 Å². The van der Waals surface area contributed by atoms with E-state index in [-0.39, 0.29) is 0 Å². The monoisotopic (exact) mass is 229 g/mol. The Balaban J connectivity index is 2.04. The number of hydrogen-bond donors (Lipinski definition) is 2. The number of pyridine rings is 1. The molecular formula is C13H15N3O. The minimum Gasteiger partial charge on any atom is -0.495 e. The minimum absolute atomic E-state index is 0.533. The molecule has 4 heteroatoms. The van der Waals surface area contributed by atoms with Crippen molar-refractivity contribution < 1.29 is 4.74 Å². The van der Waals surface area contributed by atoms with E-state index in [4.69, 9.17) is 10.5 Å². The summed E-state index contributed by atoms with van der Waals surface area (Å²) in [5.41, 5.74) is 7.57. The lowest BCUT2D eigenvalue weighted by atomic mass is 10.2. The molecule has 0 fully saturated rings. The van der Waals surface area contributed by atoms with E-state index in [1.807, 2.05) is 30.3 Å². The highest BCUT2D eigenvalue weighted by atomic mass is 16.5. The molecule has 0 atom stereocenters. The third kappa shape index (κ3) is 2.87. The first-order valence-electron chi connectivity index (χ1n) is 5.37. The van der Waals surface area contributed by atoms with E-state index in [1.54, 1.807) is 19.4 Å². The van der Waals surface area contributed by atoms with Gasteiger partial charge in [-0.2, -0.15) is 0 Å². The summed E-state index contributed by atoms with van der Waals surface area (Å²) < 4.78 is 5.25. The van der Waals surface area contributed by atoms with Crippen LogP contribution in [0.2, 0.25) is 0 Å². The number of rotatable bonds is 4. The van der Waals surface area contributed by atoms with Crippen molar-refractivity contribution in [3.05, 3.63) is 48.2 Å². The van der Waals surface area contributed by atoms with Crippen molar-refractivity contribution in [2.45, 2.75) is 6.54 Å². The van der Waals surface area contributed by atoms with E-state index in [0.717, 1.165) is 17.0 Å². The summed E-state index contributed by atoms with van der Waals surface area (Å²) in [6.45, 7) is 0.688. The zero-order valence-electron chi connectivity index (χ0n) is 9.68. The van der Waals surface area contributed by atoms with Crippen LogP contribution in [0.3, 0.4) is 0 Å². The van der Waals surface area contributed by atoms with Crippen LogP contribution in [-0.4, -0.2) is 12.1 Å². The van der Waals surface area contributed by atoms with Crippen molar-refractivity contribution in [2.24, 2.45) is 0 Å². The van der Waals surface area contributed by atoms with Gasteiger partial charge in [0.05, 0.1) is 12.8 Å². The van der Waals surface area contributed by atoms with E-state index < -0.39 is 0 Å². The number of aromatic nitrogens is 1. The van der Waals surface area contributed by atoms with Crippen molar-refractivity contribution in [3.8, 4) is 5.75 Å². The fraction of sp³-hybridized carbons (Fsp3) is 0.154. The maximum atomic E-state index is 5.53. The molecule has 0 aliphatic carbocycles. The van der Waals surface area contributed by atoms with Crippen molar-refractivity contribution in [1.82, 2.24) is 4.98 Å². The van der Waals surface area contributed by atoms with Gasteiger partial charge in [-0.1, -0.05) is 18.2 Å². The Morgan fingerprint density at radius 2 is 2.06 bits per heavy atom. The number of benzene rings is 1. The number of ether oxygens (including phenoxy) is 1. The molecule has 88 valence electrons. The molecule has 4 nitrogen and oxygen atoms in total. The first-order chi connectivity index (χ1) is 8.29. The van der Waals surface area contributed by atoms with Crippen molar-refractivity contribution in [1.29, 1.82) is 0 Å². The molecule has 0 bridgehead atoms. The van der Waals surface area contributed by atoms with Gasteiger partial charge >= 0.3 is 0 Å². The molecule has 0 aliphatic rings. The molecule has 1 heterocycles. The summed E-state index contributed by atoms with van der Waals surface area (Å²) in [4.78, 5) is 4.04. The number of nitrogens with zero attached hydrogens (tertiary/aromatic N) is 1. The van der Waals surface area contributed by atoms with Crippen LogP contribution in [0, 0.1) is 0 Å². The summed E-state index contributed by atoms with van der Waals surface area (Å²) >= 11 is 0. The highest BCUT2D eigenvalue weighted by Crippen LogP contribution is 2.23. The zero-order valence-corrected chi connectivity index (χ0v) is 9.68. The Morgan fingerprint density at radius 1 is 1.24 bits per heavy atom. The van der Waals surface area contributed by atoms with Crippen molar-refractivity contribution in [2.75, 3.05) is 18.2 Å². The van der Waals surface area contributed by atoms with Gasteiger partial charge in [0.15, 0.2) is 0 Å². The van der Waals surface area contributed by atoms with Gasteiger partial charge in [-0.3, -0.25) is 0 Å². The molecule has 0 aliphatic heterocycles. The van der Waals surface area contributed by atoms with Gasteiger partial charge in [0.1, 0.15) is 11.6 Å². The Kier molecular flexibility index (Phi) is 3.45. The summed E-state index contributed by atoms with van der Waals surface area (Å²) in [7, 11) is 1.66. The molecule has 0 spiro atoms. The summed E-state index contributed by atoms with van der Waals surface area (Å²) in [6, 6.07) is 11.5. The molecule has 0 unspecified atom stereocenters. The number of nitrogens with two attached hydrogens (primary N) is 1. The topological polar surface area (TPSA) is 60.2 Å². The molecule has 0 saturated heterocycles. The SMILES string of the molecule is COc1ccccc1NCc1ccc(N)nc1. The van der Waals surface area contributed by atoms with E-state index in [9.17, 15) is 0 Å². The summed E-state index contributed by atoms with van der Waals surface area (Å²) in [5.74, 6) is 1.36. The van der Waals surface area contributed by atoms with Crippen molar-refractivity contribution >= 4 is 11.5 Å². The Morgan fingerprint density at radius 3 is 2.76 bits per heavy atom. The van der Waals surface area contributed by atoms with E-state index >= 15 is 0 Å². The second-order valence-corrected chi connectivity index (χ2v) is 3.65. The number of anilines is 2. The number of para-hydroxylation sites is 2. The number of nitrogens with one attached hydrogen (secondary N) is 1. The van der Waals surface area contributed by atoms with Crippen LogP contribution in [-0.2, 0) is 6.54 Å². The Labute approximate surface area is 100 Å². The first-order valence-corrected chi connectivity index (χ1v) is 5.37. The minimum atomic E-state index is 0.533. The molecule has 3 N–H and O–H groups in total. The van der Waals surface area contributed by atoms with Crippen LogP contribution >= 0.6 is 0 Å². The third-order valence-electron chi connectivity index (χ3n) is 2.44. The number of nitrogen functional groups attached to an aromatic ring is 1. The molecule has 2 aromatic rings. The average molecular weight is 229 g/mol. The first kappa shape index (κ1) is 11.3. The van der Waals surface area contributed by atoms with Gasteiger partial charge in [0.2, 0.25) is 0 Å². The largest absolute Gasteiger partial charge is 0.495 e. The zero-order chi connectivity index (χ0) is 12.1. The molecule has 17 heavy (non-hydrogen) atoms. The highest BCUT2D eigenvalue weighted by molar-refractivity contribution is 5.56. The lowest BCUT2D eigenvalue weighted by Gasteiger charge is -2.10. The average Bonchev–Trinajstić information content (AvgIpc) is 2.38. The van der Waals surface area contributed by atoms with Crippen LogP contribution in [0.25, 0.3) is 0 Å². The molecule has 2 rings (SSSR count). The second kappa shape index (κ2) is 5.21. The molecule has 1 aromatic carbocycles. The van der Waals surface area contributed by atoms with Crippen LogP contribution < -0.4 is 15.8 Å². The van der Waals surface area contributed by atoms with Gasteiger partial charge in [0.25, 0.3) is 0 Å². The van der Waals surface area contributed by atoms with E-state index in [0.29, 0.717) is 12.4 Å². The maximum absolute atomic E-state index is 5.53. The smallest absolute Gasteiger partial charge is 0.141 e. The normalized spacial score (nSPS) is 9.94. The maximum Gasteiger partial charge on any atom is 0.141 e. The summed E-state index contributed by atoms with van der Waals surface area (Å²) in [6.07, 6.45) is 1.76. The summed E-state index contributed by atoms with van der Waals surface area (Å²) in [5, 5.41) is 3.29. The van der Waals surface area contributed by atoms with Gasteiger partial charge in [-0.15, -0.1) is 0 Å². The van der Waals surface area contributed by atoms with Crippen molar-refractivity contribution in [3.63, 3.8) is 0 Å². The fourth-order valence-electron chi connectivity index (χ4n) is 1.53. The van der Waals surface area contributed by atoms with Gasteiger partial charge in [0, 0.05) is 12.7 Å². The van der Waals surface area contributed by atoms with Gasteiger partial charge in [-0.05, 0) is 23.8 Å². The lowest BCUT2D eigenvalue weighted by Crippen LogP contribution is -2.02.